The molecule has 0 amide bonds. The van der Waals surface area contributed by atoms with Crippen LogP contribution in [0.15, 0.2) is 12.2 Å². The number of hydrogen-bond donors (Lipinski definition) is 0. The normalized spacial score (nSPS) is 10.7. The summed E-state index contributed by atoms with van der Waals surface area (Å²) in [7, 11) is 0. The van der Waals surface area contributed by atoms with Crippen LogP contribution in [0.2, 0.25) is 0 Å². The minimum atomic E-state index is -0.288. The molecular weight excluding hydrogens is 256 g/mol. The van der Waals surface area contributed by atoms with E-state index in [0.29, 0.717) is 19.6 Å². The molecule has 0 spiro atoms. The summed E-state index contributed by atoms with van der Waals surface area (Å²) in [6.07, 6.45) is 10.5. The van der Waals surface area contributed by atoms with Gasteiger partial charge in [-0.15, -0.1) is 0 Å². The van der Waals surface area contributed by atoms with Gasteiger partial charge in [-0.2, -0.15) is 0 Å². The Labute approximate surface area is 122 Å². The zero-order valence-corrected chi connectivity index (χ0v) is 12.9. The fourth-order valence-electron chi connectivity index (χ4n) is 1.58. The maximum atomic E-state index is 11.3. The van der Waals surface area contributed by atoms with E-state index in [2.05, 4.69) is 6.92 Å². The van der Waals surface area contributed by atoms with Crippen LogP contribution in [0.25, 0.3) is 0 Å². The van der Waals surface area contributed by atoms with E-state index in [-0.39, 0.29) is 11.9 Å². The monoisotopic (exact) mass is 284 g/mol. The van der Waals surface area contributed by atoms with Crippen molar-refractivity contribution in [2.24, 2.45) is 0 Å². The molecule has 0 aliphatic carbocycles. The van der Waals surface area contributed by atoms with Gasteiger partial charge in [0.25, 0.3) is 0 Å². The largest absolute Gasteiger partial charge is 0.466 e. The molecule has 0 heterocycles. The summed E-state index contributed by atoms with van der Waals surface area (Å²) in [5.74, 6) is -0.441. The fourth-order valence-corrected chi connectivity index (χ4v) is 1.58. The van der Waals surface area contributed by atoms with Crippen molar-refractivity contribution in [3.8, 4) is 0 Å². The SMILES string of the molecule is CCCCC/C=C/C(=O)OCCCCOC(=O)CCC. The van der Waals surface area contributed by atoms with Gasteiger partial charge >= 0.3 is 11.9 Å². The molecule has 20 heavy (non-hydrogen) atoms. The number of esters is 2. The Kier molecular flexibility index (Phi) is 13.2. The predicted octanol–water partition coefficient (Wildman–Crippen LogP) is 3.79. The highest BCUT2D eigenvalue weighted by molar-refractivity contribution is 5.81. The maximum Gasteiger partial charge on any atom is 0.330 e. The van der Waals surface area contributed by atoms with Gasteiger partial charge in [0.15, 0.2) is 0 Å². The van der Waals surface area contributed by atoms with E-state index in [9.17, 15) is 9.59 Å². The lowest BCUT2D eigenvalue weighted by Gasteiger charge is -2.04. The van der Waals surface area contributed by atoms with E-state index < -0.39 is 0 Å². The third-order valence-electron chi connectivity index (χ3n) is 2.73. The van der Waals surface area contributed by atoms with Crippen LogP contribution in [0.4, 0.5) is 0 Å². The third-order valence-corrected chi connectivity index (χ3v) is 2.73. The van der Waals surface area contributed by atoms with Crippen LogP contribution in [-0.4, -0.2) is 25.2 Å². The Hall–Kier alpha value is -1.32. The van der Waals surface area contributed by atoms with Crippen LogP contribution in [-0.2, 0) is 19.1 Å². The summed E-state index contributed by atoms with van der Waals surface area (Å²) in [6.45, 7) is 4.88. The van der Waals surface area contributed by atoms with E-state index in [1.54, 1.807) is 0 Å². The quantitative estimate of drug-likeness (QED) is 0.311. The molecule has 0 atom stereocenters. The van der Waals surface area contributed by atoms with Crippen molar-refractivity contribution in [2.45, 2.75) is 65.2 Å². The topological polar surface area (TPSA) is 52.6 Å². The van der Waals surface area contributed by atoms with Gasteiger partial charge in [-0.1, -0.05) is 32.8 Å². The molecule has 0 bridgehead atoms. The molecule has 0 saturated carbocycles. The minimum absolute atomic E-state index is 0.153. The number of carbonyl (C=O) groups is 2. The first-order valence-electron chi connectivity index (χ1n) is 7.69. The Morgan fingerprint density at radius 1 is 0.900 bits per heavy atom. The van der Waals surface area contributed by atoms with Gasteiger partial charge < -0.3 is 9.47 Å². The molecule has 0 radical (unpaired) electrons. The summed E-state index contributed by atoms with van der Waals surface area (Å²) in [4.78, 5) is 22.4. The highest BCUT2D eigenvalue weighted by atomic mass is 16.5. The number of unbranched alkanes of at least 4 members (excludes halogenated alkanes) is 4. The summed E-state index contributed by atoms with van der Waals surface area (Å²) < 4.78 is 10.0. The van der Waals surface area contributed by atoms with Gasteiger partial charge in [0.1, 0.15) is 0 Å². The number of allylic oxidation sites excluding steroid dienone is 1. The Balaban J connectivity index is 3.37. The first-order valence-corrected chi connectivity index (χ1v) is 7.69. The molecule has 0 N–H and O–H groups in total. The Morgan fingerprint density at radius 2 is 1.60 bits per heavy atom. The maximum absolute atomic E-state index is 11.3. The summed E-state index contributed by atoms with van der Waals surface area (Å²) >= 11 is 0. The molecule has 0 aromatic rings. The van der Waals surface area contributed by atoms with Crippen LogP contribution in [0, 0.1) is 0 Å². The van der Waals surface area contributed by atoms with E-state index in [1.807, 2.05) is 13.0 Å². The number of rotatable bonds is 12. The van der Waals surface area contributed by atoms with Gasteiger partial charge in [-0.3, -0.25) is 4.79 Å². The second kappa shape index (κ2) is 14.1. The summed E-state index contributed by atoms with van der Waals surface area (Å²) in [5.41, 5.74) is 0. The third kappa shape index (κ3) is 13.1. The first-order chi connectivity index (χ1) is 9.70. The fraction of sp³-hybridized carbons (Fsp3) is 0.750. The molecule has 0 aliphatic rings. The van der Waals surface area contributed by atoms with Gasteiger partial charge in [-0.25, -0.2) is 4.79 Å². The van der Waals surface area contributed by atoms with Crippen molar-refractivity contribution in [2.75, 3.05) is 13.2 Å². The lowest BCUT2D eigenvalue weighted by Crippen LogP contribution is -2.07. The van der Waals surface area contributed by atoms with Crippen molar-refractivity contribution in [3.05, 3.63) is 12.2 Å². The second-order valence-electron chi connectivity index (χ2n) is 4.74. The summed E-state index contributed by atoms with van der Waals surface area (Å²) in [6, 6.07) is 0. The van der Waals surface area contributed by atoms with E-state index in [0.717, 1.165) is 32.1 Å². The molecule has 0 aromatic heterocycles. The molecule has 0 unspecified atom stereocenters. The zero-order chi connectivity index (χ0) is 15.1. The Bertz CT molecular complexity index is 284. The molecule has 4 nitrogen and oxygen atoms in total. The number of carbonyl (C=O) groups excluding carboxylic acids is 2. The molecular formula is C16H28O4. The smallest absolute Gasteiger partial charge is 0.330 e. The van der Waals surface area contributed by atoms with Crippen LogP contribution in [0.5, 0.6) is 0 Å². The Morgan fingerprint density at radius 3 is 2.25 bits per heavy atom. The van der Waals surface area contributed by atoms with Crippen molar-refractivity contribution in [1.29, 1.82) is 0 Å². The second-order valence-corrected chi connectivity index (χ2v) is 4.74. The van der Waals surface area contributed by atoms with Gasteiger partial charge in [0.05, 0.1) is 13.2 Å². The van der Waals surface area contributed by atoms with Crippen LogP contribution in [0.3, 0.4) is 0 Å². The van der Waals surface area contributed by atoms with E-state index in [4.69, 9.17) is 9.47 Å². The zero-order valence-electron chi connectivity index (χ0n) is 12.9. The van der Waals surface area contributed by atoms with Gasteiger partial charge in [-0.05, 0) is 32.1 Å². The number of ether oxygens (including phenoxy) is 2. The van der Waals surface area contributed by atoms with E-state index in [1.165, 1.54) is 18.9 Å². The van der Waals surface area contributed by atoms with E-state index >= 15 is 0 Å². The van der Waals surface area contributed by atoms with Crippen LogP contribution < -0.4 is 0 Å². The van der Waals surface area contributed by atoms with Gasteiger partial charge in [0.2, 0.25) is 0 Å². The van der Waals surface area contributed by atoms with Crippen molar-refractivity contribution >= 4 is 11.9 Å². The average Bonchev–Trinajstić information content (AvgIpc) is 2.42. The first kappa shape index (κ1) is 18.7. The highest BCUT2D eigenvalue weighted by Crippen LogP contribution is 2.00. The van der Waals surface area contributed by atoms with Crippen LogP contribution in [0.1, 0.15) is 65.2 Å². The average molecular weight is 284 g/mol. The summed E-state index contributed by atoms with van der Waals surface area (Å²) in [5, 5.41) is 0. The molecule has 116 valence electrons. The number of hydrogen-bond acceptors (Lipinski definition) is 4. The molecule has 0 aliphatic heterocycles. The minimum Gasteiger partial charge on any atom is -0.466 e. The standard InChI is InChI=1S/C16H28O4/c1-3-5-6-7-8-12-16(18)20-14-10-9-13-19-15(17)11-4-2/h8,12H,3-7,9-11,13-14H2,1-2H3/b12-8+. The molecule has 0 saturated heterocycles. The molecule has 4 heteroatoms. The van der Waals surface area contributed by atoms with Crippen LogP contribution >= 0.6 is 0 Å². The van der Waals surface area contributed by atoms with Gasteiger partial charge in [0, 0.05) is 12.5 Å². The van der Waals surface area contributed by atoms with Crippen molar-refractivity contribution < 1.29 is 19.1 Å². The lowest BCUT2D eigenvalue weighted by molar-refractivity contribution is -0.144. The van der Waals surface area contributed by atoms with Crippen molar-refractivity contribution in [1.82, 2.24) is 0 Å². The molecule has 0 aromatic carbocycles. The predicted molar refractivity (Wildman–Crippen MR) is 79.3 cm³/mol. The van der Waals surface area contributed by atoms with Crippen molar-refractivity contribution in [3.63, 3.8) is 0 Å². The molecule has 0 rings (SSSR count). The highest BCUT2D eigenvalue weighted by Gasteiger charge is 2.00. The molecule has 0 fully saturated rings. The lowest BCUT2D eigenvalue weighted by atomic mass is 10.2.